The highest BCUT2D eigenvalue weighted by molar-refractivity contribution is 5.94. The third kappa shape index (κ3) is 5.78. The van der Waals surface area contributed by atoms with E-state index in [1.807, 2.05) is 6.92 Å². The lowest BCUT2D eigenvalue weighted by molar-refractivity contribution is -0.121. The minimum Gasteiger partial charge on any atom is -0.399 e. The van der Waals surface area contributed by atoms with Gasteiger partial charge >= 0.3 is 0 Å². The minimum atomic E-state index is -0.755. The maximum atomic E-state index is 13.1. The molecule has 0 radical (unpaired) electrons. The van der Waals surface area contributed by atoms with E-state index in [2.05, 4.69) is 15.6 Å². The molecule has 2 aromatic carbocycles. The van der Waals surface area contributed by atoms with E-state index < -0.39 is 11.7 Å². The first-order chi connectivity index (χ1) is 16.2. The first-order valence-electron chi connectivity index (χ1n) is 10.8. The van der Waals surface area contributed by atoms with Gasteiger partial charge in [0.25, 0.3) is 5.56 Å². The second-order valence-electron chi connectivity index (χ2n) is 7.87. The molecule has 0 aliphatic rings. The number of anilines is 2. The molecule has 0 fully saturated rings. The average Bonchev–Trinajstić information content (AvgIpc) is 2.80. The number of hydrogen-bond acceptors (Lipinski definition) is 7. The van der Waals surface area contributed by atoms with Crippen molar-refractivity contribution in [2.45, 2.75) is 33.0 Å². The Bertz CT molecular complexity index is 1250. The molecule has 1 amide bonds. The number of nitrogens with two attached hydrogens (primary N) is 2. The van der Waals surface area contributed by atoms with Crippen LogP contribution in [0.15, 0.2) is 53.5 Å². The van der Waals surface area contributed by atoms with Crippen LogP contribution in [0.5, 0.6) is 0 Å². The Morgan fingerprint density at radius 3 is 2.56 bits per heavy atom. The van der Waals surface area contributed by atoms with Gasteiger partial charge in [-0.25, -0.2) is 4.98 Å². The van der Waals surface area contributed by atoms with E-state index in [1.165, 1.54) is 10.8 Å². The smallest absolute Gasteiger partial charge is 0.294 e. The van der Waals surface area contributed by atoms with Crippen molar-refractivity contribution < 1.29 is 9.90 Å². The molecular weight excluding hydrogens is 434 g/mol. The number of carbonyl (C=O) groups is 1. The molecule has 1 aromatic heterocycles. The van der Waals surface area contributed by atoms with Crippen LogP contribution in [-0.4, -0.2) is 32.9 Å². The van der Waals surface area contributed by atoms with Crippen LogP contribution in [0.25, 0.3) is 11.3 Å². The number of aliphatic hydroxyl groups is 1. The number of benzene rings is 2. The summed E-state index contributed by atoms with van der Waals surface area (Å²) in [6.07, 6.45) is 0.752. The Morgan fingerprint density at radius 1 is 1.24 bits per heavy atom. The number of nitrogens with zero attached hydrogens (tertiary/aromatic N) is 2. The third-order valence-electron chi connectivity index (χ3n) is 5.21. The molecule has 34 heavy (non-hydrogen) atoms. The summed E-state index contributed by atoms with van der Waals surface area (Å²) in [6.45, 7) is 3.97. The highest BCUT2D eigenvalue weighted by Gasteiger charge is 2.16. The van der Waals surface area contributed by atoms with Crippen LogP contribution < -0.4 is 27.7 Å². The first kappa shape index (κ1) is 24.5. The van der Waals surface area contributed by atoms with Crippen LogP contribution in [0.2, 0.25) is 0 Å². The lowest BCUT2D eigenvalue weighted by Crippen LogP contribution is -2.34. The third-order valence-corrected chi connectivity index (χ3v) is 5.21. The molecule has 10 nitrogen and oxygen atoms in total. The lowest BCUT2D eigenvalue weighted by Gasteiger charge is -2.16. The molecule has 0 spiro atoms. The van der Waals surface area contributed by atoms with E-state index >= 15 is 0 Å². The number of carbonyl (C=O) groups excluding carboxylic acids is 1. The maximum Gasteiger partial charge on any atom is 0.294 e. The lowest BCUT2D eigenvalue weighted by atomic mass is 10.0. The number of aromatic nitrogens is 2. The van der Waals surface area contributed by atoms with Crippen molar-refractivity contribution in [3.05, 3.63) is 75.7 Å². The van der Waals surface area contributed by atoms with E-state index in [-0.39, 0.29) is 30.7 Å². The van der Waals surface area contributed by atoms with Gasteiger partial charge in [-0.2, -0.15) is 0 Å². The van der Waals surface area contributed by atoms with Gasteiger partial charge in [0.1, 0.15) is 12.4 Å². The number of rotatable bonds is 9. The zero-order valence-electron chi connectivity index (χ0n) is 19.1. The van der Waals surface area contributed by atoms with E-state index in [9.17, 15) is 14.7 Å². The summed E-state index contributed by atoms with van der Waals surface area (Å²) in [4.78, 5) is 30.1. The van der Waals surface area contributed by atoms with Crippen molar-refractivity contribution in [3.63, 3.8) is 0 Å². The summed E-state index contributed by atoms with van der Waals surface area (Å²) >= 11 is 0. The normalized spacial score (nSPS) is 11.6. The van der Waals surface area contributed by atoms with E-state index in [0.29, 0.717) is 34.6 Å². The molecule has 10 heteroatoms. The summed E-state index contributed by atoms with van der Waals surface area (Å²) in [7, 11) is 0. The molecule has 178 valence electrons. The van der Waals surface area contributed by atoms with Gasteiger partial charge in [0.2, 0.25) is 5.91 Å². The van der Waals surface area contributed by atoms with Gasteiger partial charge in [0.15, 0.2) is 5.82 Å². The van der Waals surface area contributed by atoms with E-state index in [4.69, 9.17) is 16.9 Å². The Balaban J connectivity index is 1.90. The van der Waals surface area contributed by atoms with Crippen LogP contribution >= 0.6 is 0 Å². The zero-order valence-corrected chi connectivity index (χ0v) is 19.1. The van der Waals surface area contributed by atoms with E-state index in [0.717, 1.165) is 5.56 Å². The number of hydrogen-bond donors (Lipinski definition) is 6. The van der Waals surface area contributed by atoms with Crippen LogP contribution in [-0.2, 0) is 17.9 Å². The van der Waals surface area contributed by atoms with Crippen LogP contribution in [0.4, 0.5) is 11.5 Å². The molecular formula is C24H29N7O3. The molecule has 3 rings (SSSR count). The second-order valence-corrected chi connectivity index (χ2v) is 7.87. The van der Waals surface area contributed by atoms with E-state index in [1.54, 1.807) is 49.4 Å². The van der Waals surface area contributed by atoms with Gasteiger partial charge in [-0.3, -0.25) is 19.6 Å². The van der Waals surface area contributed by atoms with Gasteiger partial charge in [-0.15, -0.1) is 0 Å². The SMILES string of the molecule is CCNc1ncc(-c2cc(N)cc(C(C)O)c2)n(CC(=O)NCc2ccc(C(=N)N)cc2)c1=O. The highest BCUT2D eigenvalue weighted by atomic mass is 16.3. The maximum absolute atomic E-state index is 13.1. The zero-order chi connectivity index (χ0) is 24.8. The Morgan fingerprint density at radius 2 is 1.94 bits per heavy atom. The van der Waals surface area contributed by atoms with Crippen molar-refractivity contribution in [2.75, 3.05) is 17.6 Å². The molecule has 8 N–H and O–H groups in total. The number of aliphatic hydroxyl groups excluding tert-OH is 1. The Kier molecular flexibility index (Phi) is 7.64. The van der Waals surface area contributed by atoms with Crippen molar-refractivity contribution in [1.29, 1.82) is 5.41 Å². The standard InChI is InChI=1S/C24H29N7O3/c1-3-28-23-24(34)31(13-21(33)29-11-15-4-6-16(7-5-15)22(26)27)20(12-30-23)18-8-17(14(2)32)9-19(25)10-18/h4-10,12,14,32H,3,11,13,25H2,1-2H3,(H3,26,27)(H,28,30)(H,29,33). The highest BCUT2D eigenvalue weighted by Crippen LogP contribution is 2.26. The molecule has 3 aromatic rings. The first-order valence-corrected chi connectivity index (χ1v) is 10.8. The predicted molar refractivity (Wildman–Crippen MR) is 132 cm³/mol. The number of nitrogen functional groups attached to an aromatic ring is 2. The Hall–Kier alpha value is -4.18. The quantitative estimate of drug-likeness (QED) is 0.159. The monoisotopic (exact) mass is 463 g/mol. The number of nitrogens with one attached hydrogen (secondary N) is 3. The van der Waals surface area contributed by atoms with Gasteiger partial charge in [0, 0.05) is 29.9 Å². The summed E-state index contributed by atoms with van der Waals surface area (Å²) < 4.78 is 1.33. The minimum absolute atomic E-state index is 0.0306. The van der Waals surface area contributed by atoms with Crippen LogP contribution in [0, 0.1) is 5.41 Å². The van der Waals surface area contributed by atoms with Gasteiger partial charge in [-0.1, -0.05) is 24.3 Å². The molecule has 0 saturated carbocycles. The fraction of sp³-hybridized carbons (Fsp3) is 0.250. The van der Waals surface area contributed by atoms with Crippen LogP contribution in [0.1, 0.15) is 36.6 Å². The molecule has 0 bridgehead atoms. The molecule has 1 unspecified atom stereocenters. The van der Waals surface area contributed by atoms with Crippen molar-refractivity contribution in [1.82, 2.24) is 14.9 Å². The topological polar surface area (TPSA) is 172 Å². The van der Waals surface area contributed by atoms with Crippen molar-refractivity contribution in [2.24, 2.45) is 5.73 Å². The number of amides is 1. The Labute approximate surface area is 197 Å². The summed E-state index contributed by atoms with van der Waals surface area (Å²) in [5.74, 6) is -0.261. The summed E-state index contributed by atoms with van der Waals surface area (Å²) in [6, 6.07) is 12.0. The molecule has 1 heterocycles. The molecule has 1 atom stereocenters. The van der Waals surface area contributed by atoms with Crippen molar-refractivity contribution >= 4 is 23.2 Å². The average molecular weight is 464 g/mol. The van der Waals surface area contributed by atoms with Gasteiger partial charge in [-0.05, 0) is 43.2 Å². The summed E-state index contributed by atoms with van der Waals surface area (Å²) in [5, 5.41) is 23.2. The fourth-order valence-electron chi connectivity index (χ4n) is 3.43. The van der Waals surface area contributed by atoms with Gasteiger partial charge in [0.05, 0.1) is 18.0 Å². The molecule has 0 aliphatic heterocycles. The molecule has 0 aliphatic carbocycles. The predicted octanol–water partition coefficient (Wildman–Crippen LogP) is 1.58. The number of amidine groups is 1. The second kappa shape index (κ2) is 10.6. The van der Waals surface area contributed by atoms with Gasteiger partial charge < -0.3 is 27.2 Å². The molecule has 0 saturated heterocycles. The van der Waals surface area contributed by atoms with Crippen LogP contribution in [0.3, 0.4) is 0 Å². The largest absolute Gasteiger partial charge is 0.399 e. The fourth-order valence-corrected chi connectivity index (χ4v) is 3.43. The summed E-state index contributed by atoms with van der Waals surface area (Å²) in [5.41, 5.74) is 14.4. The van der Waals surface area contributed by atoms with Crippen molar-refractivity contribution in [3.8, 4) is 11.3 Å².